The number of rotatable bonds is 9. The number of aryl methyl sites for hydroxylation is 1. The first kappa shape index (κ1) is 22.9. The van der Waals surface area contributed by atoms with Gasteiger partial charge in [-0.1, -0.05) is 25.1 Å². The summed E-state index contributed by atoms with van der Waals surface area (Å²) in [4.78, 5) is 28.3. The van der Waals surface area contributed by atoms with E-state index < -0.39 is 6.09 Å². The van der Waals surface area contributed by atoms with E-state index in [4.69, 9.17) is 9.26 Å². The molecule has 168 valence electrons. The van der Waals surface area contributed by atoms with Crippen molar-refractivity contribution in [1.29, 1.82) is 0 Å². The summed E-state index contributed by atoms with van der Waals surface area (Å²) in [5, 5.41) is 9.31. The lowest BCUT2D eigenvalue weighted by molar-refractivity contribution is -0.116. The van der Waals surface area contributed by atoms with Gasteiger partial charge < -0.3 is 14.6 Å². The molecule has 2 N–H and O–H groups in total. The molecule has 0 saturated heterocycles. The normalized spacial score (nSPS) is 10.8. The largest absolute Gasteiger partial charge is 0.449 e. The van der Waals surface area contributed by atoms with Crippen LogP contribution in [0.4, 0.5) is 20.6 Å². The monoisotopic (exact) mass is 440 g/mol. The number of nitrogens with one attached hydrogen (secondary N) is 2. The van der Waals surface area contributed by atoms with Crippen molar-refractivity contribution in [1.82, 2.24) is 10.1 Å². The van der Waals surface area contributed by atoms with Gasteiger partial charge in [0.1, 0.15) is 5.82 Å². The molecule has 0 saturated carbocycles. The van der Waals surface area contributed by atoms with Gasteiger partial charge in [-0.3, -0.25) is 10.1 Å². The van der Waals surface area contributed by atoms with Crippen molar-refractivity contribution in [2.75, 3.05) is 17.2 Å². The van der Waals surface area contributed by atoms with Crippen LogP contribution in [-0.4, -0.2) is 28.7 Å². The fourth-order valence-corrected chi connectivity index (χ4v) is 2.77. The van der Waals surface area contributed by atoms with Gasteiger partial charge in [0.05, 0.1) is 6.61 Å². The summed E-state index contributed by atoms with van der Waals surface area (Å²) in [6, 6.07) is 12.6. The Bertz CT molecular complexity index is 1050. The van der Waals surface area contributed by atoms with Gasteiger partial charge in [0.2, 0.25) is 17.6 Å². The maximum Gasteiger partial charge on any atom is 0.411 e. The Balaban J connectivity index is 1.44. The van der Waals surface area contributed by atoms with Crippen molar-refractivity contribution >= 4 is 23.4 Å². The molecule has 0 unspecified atom stereocenters. The van der Waals surface area contributed by atoms with Crippen LogP contribution in [0.1, 0.15) is 32.6 Å². The summed E-state index contributed by atoms with van der Waals surface area (Å²) in [5.41, 5.74) is 1.74. The van der Waals surface area contributed by atoms with Crippen LogP contribution in [-0.2, 0) is 16.0 Å². The molecule has 0 radical (unpaired) electrons. The highest BCUT2D eigenvalue weighted by Gasteiger charge is 2.11. The zero-order valence-electron chi connectivity index (χ0n) is 17.9. The minimum atomic E-state index is -0.540. The van der Waals surface area contributed by atoms with E-state index in [1.54, 1.807) is 36.4 Å². The minimum absolute atomic E-state index is 0.178. The van der Waals surface area contributed by atoms with Crippen molar-refractivity contribution in [3.8, 4) is 11.4 Å². The molecular weight excluding hydrogens is 415 g/mol. The molecule has 1 heterocycles. The van der Waals surface area contributed by atoms with Crippen molar-refractivity contribution in [2.45, 2.75) is 33.1 Å². The summed E-state index contributed by atoms with van der Waals surface area (Å²) in [5.74, 6) is 0.510. The van der Waals surface area contributed by atoms with E-state index in [-0.39, 0.29) is 24.1 Å². The van der Waals surface area contributed by atoms with Crippen LogP contribution in [0.15, 0.2) is 53.1 Å². The molecule has 0 spiro atoms. The number of amides is 2. The summed E-state index contributed by atoms with van der Waals surface area (Å²) in [6.45, 7) is 4.23. The molecule has 9 heteroatoms. The first-order chi connectivity index (χ1) is 15.4. The molecule has 8 nitrogen and oxygen atoms in total. The minimum Gasteiger partial charge on any atom is -0.449 e. The van der Waals surface area contributed by atoms with Crippen molar-refractivity contribution in [3.05, 3.63) is 60.2 Å². The molecule has 0 aliphatic rings. The highest BCUT2D eigenvalue weighted by Crippen LogP contribution is 2.18. The van der Waals surface area contributed by atoms with Gasteiger partial charge in [0.15, 0.2) is 0 Å². The average Bonchev–Trinajstić information content (AvgIpc) is 3.22. The summed E-state index contributed by atoms with van der Waals surface area (Å²) in [7, 11) is 0. The van der Waals surface area contributed by atoms with Gasteiger partial charge in [-0.2, -0.15) is 4.98 Å². The lowest BCUT2D eigenvalue weighted by atomic mass is 10.2. The number of carbonyl (C=O) groups is 2. The second kappa shape index (κ2) is 11.0. The Labute approximate surface area is 185 Å². The Morgan fingerprint density at radius 1 is 1.09 bits per heavy atom. The maximum absolute atomic E-state index is 13.0. The van der Waals surface area contributed by atoms with Gasteiger partial charge in [-0.05, 0) is 54.8 Å². The average molecular weight is 440 g/mol. The Morgan fingerprint density at radius 3 is 2.53 bits per heavy atom. The summed E-state index contributed by atoms with van der Waals surface area (Å²) >= 11 is 0. The predicted octanol–water partition coefficient (Wildman–Crippen LogP) is 5.04. The van der Waals surface area contributed by atoms with Crippen LogP contribution in [0.2, 0.25) is 0 Å². The lowest BCUT2D eigenvalue weighted by Gasteiger charge is -2.10. The number of ether oxygens (including phenoxy) is 1. The van der Waals surface area contributed by atoms with Crippen LogP contribution in [0.5, 0.6) is 0 Å². The number of halogens is 1. The van der Waals surface area contributed by atoms with E-state index in [1.807, 2.05) is 13.8 Å². The number of aromatic nitrogens is 2. The highest BCUT2D eigenvalue weighted by atomic mass is 19.1. The fourth-order valence-electron chi connectivity index (χ4n) is 2.77. The molecule has 0 aliphatic carbocycles. The molecule has 2 amide bonds. The van der Waals surface area contributed by atoms with Crippen molar-refractivity contribution in [2.24, 2.45) is 5.92 Å². The number of benzene rings is 2. The number of hydrogen-bond donors (Lipinski definition) is 2. The highest BCUT2D eigenvalue weighted by molar-refractivity contribution is 5.92. The zero-order valence-corrected chi connectivity index (χ0v) is 17.9. The first-order valence-electron chi connectivity index (χ1n) is 10.3. The molecule has 3 aromatic rings. The zero-order chi connectivity index (χ0) is 22.9. The van der Waals surface area contributed by atoms with E-state index >= 15 is 0 Å². The second-order valence-electron chi connectivity index (χ2n) is 7.62. The van der Waals surface area contributed by atoms with Gasteiger partial charge >= 0.3 is 6.09 Å². The molecule has 0 aliphatic heterocycles. The smallest absolute Gasteiger partial charge is 0.411 e. The van der Waals surface area contributed by atoms with Crippen LogP contribution in [0.3, 0.4) is 0 Å². The van der Waals surface area contributed by atoms with E-state index in [1.165, 1.54) is 12.1 Å². The molecular formula is C23H25FN4O4. The van der Waals surface area contributed by atoms with Crippen LogP contribution < -0.4 is 10.6 Å². The van der Waals surface area contributed by atoms with Gasteiger partial charge in [-0.15, -0.1) is 0 Å². The SMILES string of the molecule is CC(C)COC(=O)Nc1cccc(NC(=O)CCCc2nc(-c3ccc(F)cc3)no2)c1. The third kappa shape index (κ3) is 7.19. The lowest BCUT2D eigenvalue weighted by Crippen LogP contribution is -2.17. The first-order valence-corrected chi connectivity index (χ1v) is 10.3. The number of nitrogens with zero attached hydrogens (tertiary/aromatic N) is 2. The van der Waals surface area contributed by atoms with Crippen LogP contribution >= 0.6 is 0 Å². The molecule has 3 rings (SSSR count). The third-order valence-corrected chi connectivity index (χ3v) is 4.31. The second-order valence-corrected chi connectivity index (χ2v) is 7.62. The maximum atomic E-state index is 13.0. The van der Waals surface area contributed by atoms with Crippen LogP contribution in [0, 0.1) is 11.7 Å². The van der Waals surface area contributed by atoms with Crippen molar-refractivity contribution in [3.63, 3.8) is 0 Å². The fraction of sp³-hybridized carbons (Fsp3) is 0.304. The molecule has 0 bridgehead atoms. The van der Waals surface area contributed by atoms with E-state index in [0.29, 0.717) is 48.1 Å². The number of hydrogen-bond acceptors (Lipinski definition) is 6. The van der Waals surface area contributed by atoms with Gasteiger partial charge in [0, 0.05) is 29.8 Å². The quantitative estimate of drug-likeness (QED) is 0.483. The standard InChI is InChI=1S/C23H25FN4O4/c1-15(2)14-31-23(30)26-19-6-3-5-18(13-19)25-20(29)7-4-8-21-27-22(28-32-21)16-9-11-17(24)12-10-16/h3,5-6,9-13,15H,4,7-8,14H2,1-2H3,(H,25,29)(H,26,30). The topological polar surface area (TPSA) is 106 Å². The van der Waals surface area contributed by atoms with E-state index in [9.17, 15) is 14.0 Å². The molecule has 1 aromatic heterocycles. The summed E-state index contributed by atoms with van der Waals surface area (Å²) in [6.07, 6.45) is 0.658. The van der Waals surface area contributed by atoms with E-state index in [2.05, 4.69) is 20.8 Å². The van der Waals surface area contributed by atoms with Gasteiger partial charge in [0.25, 0.3) is 0 Å². The Kier molecular flexibility index (Phi) is 7.91. The van der Waals surface area contributed by atoms with Gasteiger partial charge in [-0.25, -0.2) is 9.18 Å². The number of carbonyl (C=O) groups excluding carboxylic acids is 2. The Morgan fingerprint density at radius 2 is 1.81 bits per heavy atom. The third-order valence-electron chi connectivity index (χ3n) is 4.31. The van der Waals surface area contributed by atoms with Crippen molar-refractivity contribution < 1.29 is 23.2 Å². The van der Waals surface area contributed by atoms with Crippen LogP contribution in [0.25, 0.3) is 11.4 Å². The number of anilines is 2. The molecule has 0 atom stereocenters. The summed E-state index contributed by atoms with van der Waals surface area (Å²) < 4.78 is 23.3. The molecule has 2 aromatic carbocycles. The predicted molar refractivity (Wildman–Crippen MR) is 118 cm³/mol. The van der Waals surface area contributed by atoms with E-state index in [0.717, 1.165) is 0 Å². The molecule has 0 fully saturated rings. The molecule has 32 heavy (non-hydrogen) atoms. The Hall–Kier alpha value is -3.75.